The third-order valence-corrected chi connectivity index (χ3v) is 5.28. The standard InChI is InChI=1S/C20H25N3O3/c1-20(2,3)17-6-14(7-21)4-5-18(17)26-12-19(25)23-10-15-8-22(13-24)9-16(15)11-23/h4-6,13,15-16H,8-12H2,1-3H3. The Morgan fingerprint density at radius 2 is 1.92 bits per heavy atom. The number of nitrogens with zero attached hydrogens (tertiary/aromatic N) is 3. The highest BCUT2D eigenvalue weighted by atomic mass is 16.5. The molecule has 2 heterocycles. The summed E-state index contributed by atoms with van der Waals surface area (Å²) in [5.74, 6) is 1.38. The Bertz CT molecular complexity index is 734. The summed E-state index contributed by atoms with van der Waals surface area (Å²) < 4.78 is 5.83. The van der Waals surface area contributed by atoms with Gasteiger partial charge in [0.15, 0.2) is 6.61 Å². The molecule has 0 spiro atoms. The number of nitriles is 1. The van der Waals surface area contributed by atoms with Crippen LogP contribution in [-0.4, -0.2) is 54.9 Å². The van der Waals surface area contributed by atoms with Crippen molar-refractivity contribution < 1.29 is 14.3 Å². The molecule has 2 fully saturated rings. The summed E-state index contributed by atoms with van der Waals surface area (Å²) in [5.41, 5.74) is 1.32. The third-order valence-electron chi connectivity index (χ3n) is 5.28. The molecule has 138 valence electrons. The summed E-state index contributed by atoms with van der Waals surface area (Å²) in [4.78, 5) is 27.1. The first kappa shape index (κ1) is 18.2. The van der Waals surface area contributed by atoms with Crippen LogP contribution in [0, 0.1) is 23.2 Å². The van der Waals surface area contributed by atoms with Gasteiger partial charge in [0.25, 0.3) is 5.91 Å². The average Bonchev–Trinajstić information content (AvgIpc) is 3.17. The van der Waals surface area contributed by atoms with Crippen LogP contribution in [0.15, 0.2) is 18.2 Å². The topological polar surface area (TPSA) is 73.6 Å². The van der Waals surface area contributed by atoms with Gasteiger partial charge in [0.2, 0.25) is 6.41 Å². The van der Waals surface area contributed by atoms with E-state index in [1.165, 1.54) is 0 Å². The molecule has 2 saturated heterocycles. The maximum absolute atomic E-state index is 12.6. The minimum Gasteiger partial charge on any atom is -0.483 e. The Morgan fingerprint density at radius 3 is 2.46 bits per heavy atom. The monoisotopic (exact) mass is 355 g/mol. The number of ether oxygens (including phenoxy) is 1. The lowest BCUT2D eigenvalue weighted by Crippen LogP contribution is -2.36. The van der Waals surface area contributed by atoms with E-state index in [0.29, 0.717) is 36.2 Å². The summed E-state index contributed by atoms with van der Waals surface area (Å²) in [7, 11) is 0. The second kappa shape index (κ2) is 6.99. The largest absolute Gasteiger partial charge is 0.483 e. The van der Waals surface area contributed by atoms with E-state index in [-0.39, 0.29) is 17.9 Å². The minimum atomic E-state index is -0.186. The van der Waals surface area contributed by atoms with Crippen molar-refractivity contribution in [3.05, 3.63) is 29.3 Å². The molecule has 2 aliphatic heterocycles. The normalized spacial score (nSPS) is 22.1. The molecule has 6 nitrogen and oxygen atoms in total. The first-order valence-corrected chi connectivity index (χ1v) is 8.96. The van der Waals surface area contributed by atoms with Gasteiger partial charge < -0.3 is 14.5 Å². The second-order valence-electron chi connectivity index (χ2n) is 8.24. The first-order valence-electron chi connectivity index (χ1n) is 8.96. The van der Waals surface area contributed by atoms with Crippen LogP contribution in [0.4, 0.5) is 0 Å². The fraction of sp³-hybridized carbons (Fsp3) is 0.550. The Kier molecular flexibility index (Phi) is 4.90. The number of hydrogen-bond acceptors (Lipinski definition) is 4. The molecule has 6 heteroatoms. The van der Waals surface area contributed by atoms with E-state index in [2.05, 4.69) is 26.8 Å². The van der Waals surface area contributed by atoms with Gasteiger partial charge in [0.05, 0.1) is 11.6 Å². The smallest absolute Gasteiger partial charge is 0.260 e. The van der Waals surface area contributed by atoms with Gasteiger partial charge >= 0.3 is 0 Å². The van der Waals surface area contributed by atoms with Crippen LogP contribution in [0.3, 0.4) is 0 Å². The number of hydrogen-bond donors (Lipinski definition) is 0. The van der Waals surface area contributed by atoms with Crippen LogP contribution >= 0.6 is 0 Å². The predicted octanol–water partition coefficient (Wildman–Crippen LogP) is 1.78. The molecule has 1 aromatic rings. The van der Waals surface area contributed by atoms with Crippen molar-refractivity contribution in [2.24, 2.45) is 11.8 Å². The zero-order valence-corrected chi connectivity index (χ0v) is 15.6. The maximum atomic E-state index is 12.6. The molecule has 0 bridgehead atoms. The van der Waals surface area contributed by atoms with Crippen molar-refractivity contribution in [1.29, 1.82) is 5.26 Å². The fourth-order valence-electron chi connectivity index (χ4n) is 3.86. The Morgan fingerprint density at radius 1 is 1.27 bits per heavy atom. The fourth-order valence-corrected chi connectivity index (χ4v) is 3.86. The number of carbonyl (C=O) groups excluding carboxylic acids is 2. The molecule has 0 aliphatic carbocycles. The number of fused-ring (bicyclic) bond motifs is 1. The quantitative estimate of drug-likeness (QED) is 0.772. The highest BCUT2D eigenvalue weighted by molar-refractivity contribution is 5.78. The summed E-state index contributed by atoms with van der Waals surface area (Å²) in [5, 5.41) is 9.12. The maximum Gasteiger partial charge on any atom is 0.260 e. The lowest BCUT2D eigenvalue weighted by molar-refractivity contribution is -0.132. The number of likely N-dealkylation sites (tertiary alicyclic amines) is 2. The molecule has 0 aromatic heterocycles. The van der Waals surface area contributed by atoms with E-state index in [1.54, 1.807) is 17.0 Å². The highest BCUT2D eigenvalue weighted by Gasteiger charge is 2.41. The van der Waals surface area contributed by atoms with Gasteiger partial charge in [0, 0.05) is 43.6 Å². The molecular weight excluding hydrogens is 330 g/mol. The molecule has 1 aromatic carbocycles. The van der Waals surface area contributed by atoms with Crippen molar-refractivity contribution in [3.63, 3.8) is 0 Å². The van der Waals surface area contributed by atoms with E-state index < -0.39 is 0 Å². The Balaban J connectivity index is 1.62. The van der Waals surface area contributed by atoms with Gasteiger partial charge in [-0.1, -0.05) is 20.8 Å². The number of amides is 2. The van der Waals surface area contributed by atoms with E-state index >= 15 is 0 Å². The molecular formula is C20H25N3O3. The Labute approximate surface area is 154 Å². The summed E-state index contributed by atoms with van der Waals surface area (Å²) in [6, 6.07) is 7.46. The van der Waals surface area contributed by atoms with Gasteiger partial charge in [-0.15, -0.1) is 0 Å². The molecule has 2 amide bonds. The summed E-state index contributed by atoms with van der Waals surface area (Å²) >= 11 is 0. The van der Waals surface area contributed by atoms with Gasteiger partial charge in [-0.3, -0.25) is 9.59 Å². The molecule has 2 atom stereocenters. The first-order chi connectivity index (χ1) is 12.3. The van der Waals surface area contributed by atoms with Crippen LogP contribution in [-0.2, 0) is 15.0 Å². The van der Waals surface area contributed by atoms with Gasteiger partial charge in [-0.25, -0.2) is 0 Å². The number of rotatable bonds is 4. The summed E-state index contributed by atoms with van der Waals surface area (Å²) in [6.07, 6.45) is 0.895. The average molecular weight is 355 g/mol. The second-order valence-corrected chi connectivity index (χ2v) is 8.24. The number of carbonyl (C=O) groups is 2. The molecule has 0 radical (unpaired) electrons. The highest BCUT2D eigenvalue weighted by Crippen LogP contribution is 2.33. The van der Waals surface area contributed by atoms with E-state index in [4.69, 9.17) is 10.00 Å². The van der Waals surface area contributed by atoms with Crippen LogP contribution in [0.25, 0.3) is 0 Å². The van der Waals surface area contributed by atoms with Gasteiger partial charge in [-0.05, 0) is 23.6 Å². The zero-order valence-electron chi connectivity index (χ0n) is 15.6. The molecule has 0 saturated carbocycles. The van der Waals surface area contributed by atoms with E-state index in [0.717, 1.165) is 25.1 Å². The van der Waals surface area contributed by atoms with E-state index in [1.807, 2.05) is 11.0 Å². The molecule has 2 aliphatic rings. The minimum absolute atomic E-state index is 0.00812. The van der Waals surface area contributed by atoms with Crippen molar-refractivity contribution in [1.82, 2.24) is 9.80 Å². The van der Waals surface area contributed by atoms with Crippen molar-refractivity contribution in [2.75, 3.05) is 32.8 Å². The summed E-state index contributed by atoms with van der Waals surface area (Å²) in [6.45, 7) is 9.01. The van der Waals surface area contributed by atoms with Crippen LogP contribution in [0.5, 0.6) is 5.75 Å². The molecule has 2 unspecified atom stereocenters. The van der Waals surface area contributed by atoms with Crippen molar-refractivity contribution >= 4 is 12.3 Å². The third kappa shape index (κ3) is 3.67. The van der Waals surface area contributed by atoms with Gasteiger partial charge in [-0.2, -0.15) is 5.26 Å². The Hall–Kier alpha value is -2.55. The van der Waals surface area contributed by atoms with Crippen LogP contribution in [0.1, 0.15) is 31.9 Å². The lowest BCUT2D eigenvalue weighted by atomic mass is 9.85. The SMILES string of the molecule is CC(C)(C)c1cc(C#N)ccc1OCC(=O)N1CC2CN(C=O)CC2C1. The van der Waals surface area contributed by atoms with Crippen molar-refractivity contribution in [3.8, 4) is 11.8 Å². The zero-order chi connectivity index (χ0) is 18.9. The van der Waals surface area contributed by atoms with Crippen LogP contribution in [0.2, 0.25) is 0 Å². The molecule has 0 N–H and O–H groups in total. The predicted molar refractivity (Wildman–Crippen MR) is 96.5 cm³/mol. The molecule has 26 heavy (non-hydrogen) atoms. The number of benzene rings is 1. The van der Waals surface area contributed by atoms with Crippen LogP contribution < -0.4 is 4.74 Å². The van der Waals surface area contributed by atoms with Gasteiger partial charge in [0.1, 0.15) is 5.75 Å². The lowest BCUT2D eigenvalue weighted by Gasteiger charge is -2.24. The molecule has 3 rings (SSSR count). The van der Waals surface area contributed by atoms with E-state index in [9.17, 15) is 9.59 Å². The van der Waals surface area contributed by atoms with Crippen molar-refractivity contribution in [2.45, 2.75) is 26.2 Å².